The smallest absolute Gasteiger partial charge is 0.870 e. The fraction of sp³-hybridized carbons (Fsp3) is 0.0380. The molecule has 0 saturated heterocycles. The number of nitrogens with zero attached hydrogens (tertiary/aromatic N) is 6. The topological polar surface area (TPSA) is 498 Å². The number of phenolic OH excluding ortho intramolecular Hbond substituents is 1. The van der Waals surface area contributed by atoms with Crippen LogP contribution in [0.3, 0.4) is 0 Å². The maximum atomic E-state index is 13.7. The van der Waals surface area contributed by atoms with E-state index in [1.165, 1.54) is 36.4 Å². The van der Waals surface area contributed by atoms with Gasteiger partial charge in [0.15, 0.2) is 15.5 Å². The van der Waals surface area contributed by atoms with Gasteiger partial charge in [-0.25, -0.2) is 56.5 Å². The molecule has 0 amide bonds. The molecule has 0 unspecified atom stereocenters. The van der Waals surface area contributed by atoms with E-state index in [0.717, 1.165) is 63.8 Å². The van der Waals surface area contributed by atoms with E-state index in [2.05, 4.69) is 81.6 Å². The minimum Gasteiger partial charge on any atom is -0.870 e. The number of aromatic amines is 4. The number of aromatic carboxylic acids is 1. The number of halogens is 18. The average molecular weight is 2130 g/mol. The van der Waals surface area contributed by atoms with E-state index in [9.17, 15) is 65.5 Å². The summed E-state index contributed by atoms with van der Waals surface area (Å²) in [6.07, 6.45) is 0. The fourth-order valence-electron chi connectivity index (χ4n) is 10.5. The van der Waals surface area contributed by atoms with Gasteiger partial charge in [-0.15, -0.1) is 30.6 Å². The van der Waals surface area contributed by atoms with Crippen LogP contribution in [0.1, 0.15) is 62.1 Å². The molecule has 5 aromatic heterocycles. The minimum atomic E-state index is -3.69. The van der Waals surface area contributed by atoms with Crippen LogP contribution in [0.5, 0.6) is 40.6 Å². The largest absolute Gasteiger partial charge is 1.00 e. The minimum absolute atomic E-state index is 0. The van der Waals surface area contributed by atoms with Crippen LogP contribution < -0.4 is 99.5 Å². The Morgan fingerprint density at radius 3 is 1.11 bits per heavy atom. The number of ether oxygens (including phenoxy) is 7. The molecule has 131 heavy (non-hydrogen) atoms. The summed E-state index contributed by atoms with van der Waals surface area (Å²) in [4.78, 5) is 113. The molecule has 0 atom stereocenters. The van der Waals surface area contributed by atoms with Gasteiger partial charge in [0.05, 0.1) is 123 Å². The number of fused-ring (bicyclic) bond motifs is 6. The number of rotatable bonds is 10. The first-order valence-electron chi connectivity index (χ1n) is 34.4. The van der Waals surface area contributed by atoms with Gasteiger partial charge in [-0.1, -0.05) is 153 Å². The molecular weight excluding hydrogens is 2080 g/mol. The number of methoxy groups -OCH3 is 3. The summed E-state index contributed by atoms with van der Waals surface area (Å²) in [6, 6.07) is 42.9. The number of carbonyl (C=O) groups is 6. The molecule has 1 aliphatic rings. The number of H-pyrrole nitrogens is 4. The second-order valence-corrected chi connectivity index (χ2v) is 44.3. The third-order valence-electron chi connectivity index (χ3n) is 16.1. The van der Waals surface area contributed by atoms with Crippen molar-refractivity contribution in [2.75, 3.05) is 21.3 Å². The molecule has 11 N–H and O–H groups in total. The average Bonchev–Trinajstić information content (AvgIpc) is 1.78. The molecule has 6 heterocycles. The van der Waals surface area contributed by atoms with Crippen molar-refractivity contribution in [3.05, 3.63) is 326 Å². The zero-order valence-electron chi connectivity index (χ0n) is 65.7. The van der Waals surface area contributed by atoms with Crippen LogP contribution >= 0.6 is 164 Å². The van der Waals surface area contributed by atoms with E-state index >= 15 is 0 Å². The van der Waals surface area contributed by atoms with Crippen LogP contribution in [0.2, 0.25) is 45.6 Å². The van der Waals surface area contributed by atoms with Gasteiger partial charge in [-0.2, -0.15) is 0 Å². The molecule has 0 saturated carbocycles. The van der Waals surface area contributed by atoms with Crippen molar-refractivity contribution in [1.29, 1.82) is 0 Å². The second-order valence-electron chi connectivity index (χ2n) is 24.2. The molecule has 0 aliphatic carbocycles. The zero-order valence-corrected chi connectivity index (χ0v) is 80.3. The van der Waals surface area contributed by atoms with Crippen LogP contribution in [0, 0.1) is 23.3 Å². The van der Waals surface area contributed by atoms with Gasteiger partial charge in [-0.3, -0.25) is 41.1 Å². The fourth-order valence-corrected chi connectivity index (χ4v) is 12.7. The number of esters is 5. The SMILES string of the molecule is COC(=O)c1cc(O)ccc1F.COC(=O)c1cc(Oc2n[nH]c(=O)c3cccc(Cl)c23)ccc1F.COC(=O)c1cc(Oc2nnc(Cl)c3cccc(Cl)c23)ccc1F.ClP(Cl)(Cl)(Cl)Cl.Clc1nnc(Cl)c2c(Cl)cccc12.NN.O=C(O)c1cc(Oc2n[nH]c(=O)c3cccc(Cl)c23)ccc1F.O=C1OC(=O)c2c(Cl)cccc21.O=c1[nH][nH]c(=O)c2c(Cl)cccc12.[K+].[OH-]. The van der Waals surface area contributed by atoms with E-state index in [-0.39, 0.29) is 183 Å². The number of aromatic nitrogens is 10. The number of benzene rings is 10. The Bertz CT molecular complexity index is 7100. The number of carbonyl (C=O) groups excluding carboxylic acids is 5. The number of carboxylic acids is 1. The molecule has 678 valence electrons. The summed E-state index contributed by atoms with van der Waals surface area (Å²) in [5, 5.41) is 56.2. The number of cyclic esters (lactones) is 2. The Kier molecular flexibility index (Phi) is 41.6. The number of hydrazine groups is 1. The van der Waals surface area contributed by atoms with Gasteiger partial charge < -0.3 is 48.8 Å². The number of phenols is 1. The second kappa shape index (κ2) is 49.7. The van der Waals surface area contributed by atoms with Crippen molar-refractivity contribution < 1.29 is 147 Å². The number of carboxylic acid groups (broad SMARTS) is 1. The third-order valence-corrected chi connectivity index (χ3v) is 18.8. The van der Waals surface area contributed by atoms with Crippen molar-refractivity contribution in [3.63, 3.8) is 0 Å². The maximum Gasteiger partial charge on any atom is 1.00 e. The Hall–Kier alpha value is -9.95. The van der Waals surface area contributed by atoms with Crippen LogP contribution in [0.15, 0.2) is 201 Å². The van der Waals surface area contributed by atoms with Crippen molar-refractivity contribution in [2.45, 2.75) is 0 Å². The number of aromatic hydroxyl groups is 1. The van der Waals surface area contributed by atoms with Crippen LogP contribution in [-0.4, -0.2) is 124 Å². The van der Waals surface area contributed by atoms with Gasteiger partial charge in [0.25, 0.3) is 22.2 Å². The molecule has 0 radical (unpaired) electrons. The Morgan fingerprint density at radius 1 is 0.389 bits per heavy atom. The molecule has 10 aromatic carbocycles. The summed E-state index contributed by atoms with van der Waals surface area (Å²) >= 11 is 78.3. The van der Waals surface area contributed by atoms with Crippen molar-refractivity contribution in [1.82, 2.24) is 51.0 Å². The molecule has 0 bridgehead atoms. The van der Waals surface area contributed by atoms with Gasteiger partial charge in [0, 0.05) is 16.2 Å². The van der Waals surface area contributed by atoms with E-state index in [0.29, 0.717) is 52.9 Å². The monoisotopic (exact) mass is 2120 g/mol. The molecule has 16 rings (SSSR count). The zero-order chi connectivity index (χ0) is 95.2. The Morgan fingerprint density at radius 2 is 0.710 bits per heavy atom. The summed E-state index contributed by atoms with van der Waals surface area (Å²) in [5.74, 6) is 0.0412. The van der Waals surface area contributed by atoms with Crippen molar-refractivity contribution in [2.24, 2.45) is 11.7 Å². The Labute approximate surface area is 841 Å². The normalized spacial score (nSPS) is 11.0. The van der Waals surface area contributed by atoms with Crippen LogP contribution in [0.4, 0.5) is 17.6 Å². The van der Waals surface area contributed by atoms with Crippen molar-refractivity contribution >= 4 is 254 Å². The first kappa shape index (κ1) is 110. The number of hydrogen-bond acceptors (Lipinski definition) is 27. The molecule has 52 heteroatoms. The predicted octanol–water partition coefficient (Wildman–Crippen LogP) is 18.5. The van der Waals surface area contributed by atoms with Gasteiger partial charge >= 0.3 is 147 Å². The van der Waals surface area contributed by atoms with E-state index in [4.69, 9.17) is 185 Å². The molecule has 32 nitrogen and oxygen atoms in total. The van der Waals surface area contributed by atoms with Crippen LogP contribution in [0.25, 0.3) is 53.9 Å². The number of nitrogens with two attached hydrogens (primary N) is 2. The van der Waals surface area contributed by atoms with Gasteiger partial charge in [-0.05, 0) is 133 Å². The van der Waals surface area contributed by atoms with E-state index in [1.54, 1.807) is 103 Å². The van der Waals surface area contributed by atoms with Gasteiger partial charge in [0.2, 0.25) is 17.6 Å². The van der Waals surface area contributed by atoms with E-state index in [1.807, 2.05) is 0 Å². The molecule has 1 aliphatic heterocycles. The third kappa shape index (κ3) is 29.8. The quantitative estimate of drug-likeness (QED) is 0.00921. The summed E-state index contributed by atoms with van der Waals surface area (Å²) in [7, 11) is 3.45. The molecular formula is C79H50Cl14F4KN12O20P. The summed E-state index contributed by atoms with van der Waals surface area (Å²) < 4.78 is 84.2. The van der Waals surface area contributed by atoms with Crippen molar-refractivity contribution in [3.8, 4) is 40.6 Å². The Balaban J connectivity index is 0.000000236. The van der Waals surface area contributed by atoms with E-state index < -0.39 is 79.1 Å². The van der Waals surface area contributed by atoms with Crippen LogP contribution in [-0.2, 0) is 18.9 Å². The molecule has 0 spiro atoms. The molecule has 15 aromatic rings. The number of nitrogens with one attached hydrogen (secondary N) is 4. The predicted molar refractivity (Wildman–Crippen MR) is 485 cm³/mol. The molecule has 0 fully saturated rings. The van der Waals surface area contributed by atoms with Gasteiger partial charge in [0.1, 0.15) is 46.3 Å². The summed E-state index contributed by atoms with van der Waals surface area (Å²) in [5.41, 5.74) is -2.54. The summed E-state index contributed by atoms with van der Waals surface area (Å²) in [6.45, 7) is 0. The number of hydrogen-bond donors (Lipinski definition) is 8. The first-order chi connectivity index (χ1) is 61.0. The standard InChI is InChI=1S/C16H9Cl2FN2O3.C16H10ClFN2O4.C15H8ClFN2O4.C8H3Cl3N2.C8H5ClN2O2.C8H3ClO3.C8H7FO3.Cl5P.K.H4N2.H2O/c1-23-16(22)10-7-8(5-6-12(10)19)24-15-13-9(14(18)20-21-15)3-2-4-11(13)17;1-23-16(22)10-7-8(5-6-12(10)18)24-15-13-9(14(21)19-20-15)3-2-4-11(13)17;16-10-3-1-2-8-12(10)14(19-18-13(8)20)23-7-4-5-11(17)9(6-7)15(21)22;9-5-3-1-2-4-6(5)8(11)13-12-7(4)10;9-5-3-1-2-4-6(5)8(13)11-10-7(4)12;9-5-3-1-2-4-6(5)8(11)12-7(4)10;1-12-8(11)6-4-5(10)2-3-7(6)9;1-6(2,3,4)5;;1-2;/h2-7H,1H3;2-7H,1H3,(H,19,21);1-6H,(H,18,20)(H,21,22);1-3H;1-3H,(H,10,12)(H,11,13);1-3H;2-4,10H,1H3;;;1-2H2;1H2/q;;;;;;;;+1;;/p-1. The first-order valence-corrected chi connectivity index (χ1v) is 44.6. The maximum absolute atomic E-state index is 13.7.